The zero-order valence-corrected chi connectivity index (χ0v) is 14.9. The van der Waals surface area contributed by atoms with Crippen molar-refractivity contribution in [3.8, 4) is 0 Å². The van der Waals surface area contributed by atoms with Gasteiger partial charge in [0.05, 0.1) is 0 Å². The molecule has 1 aliphatic carbocycles. The Balaban J connectivity index is 1.38. The van der Waals surface area contributed by atoms with Gasteiger partial charge in [0.15, 0.2) is 0 Å². The third kappa shape index (κ3) is 3.29. The molecule has 2 aliphatic rings. The lowest BCUT2D eigenvalue weighted by Crippen LogP contribution is -2.35. The second-order valence-electron chi connectivity index (χ2n) is 6.94. The van der Waals surface area contributed by atoms with Gasteiger partial charge in [0, 0.05) is 36.3 Å². The van der Waals surface area contributed by atoms with Gasteiger partial charge >= 0.3 is 6.03 Å². The quantitative estimate of drug-likeness (QED) is 0.885. The lowest BCUT2D eigenvalue weighted by molar-refractivity contribution is -0.118. The predicted molar refractivity (Wildman–Crippen MR) is 103 cm³/mol. The standard InChI is InChI=1S/C21H23N3O2/c1-2-24-19-10-9-16(12-15(19)8-11-20(24)25)22-21(26)23-18-13-17(18)14-6-4-3-5-7-14/h3-7,9-10,12,17-18H,2,8,11,13H2,1H3,(H2,22,23,26)/t17-,18+/m1/s1. The first-order valence-corrected chi connectivity index (χ1v) is 9.21. The minimum absolute atomic E-state index is 0.166. The van der Waals surface area contributed by atoms with Crippen molar-refractivity contribution in [3.05, 3.63) is 59.7 Å². The van der Waals surface area contributed by atoms with Crippen LogP contribution < -0.4 is 15.5 Å². The number of hydrogen-bond acceptors (Lipinski definition) is 2. The average Bonchev–Trinajstić information content (AvgIpc) is 3.41. The molecule has 0 aromatic heterocycles. The molecular formula is C21H23N3O2. The Morgan fingerprint density at radius 3 is 2.73 bits per heavy atom. The van der Waals surface area contributed by atoms with Gasteiger partial charge in [-0.1, -0.05) is 30.3 Å². The summed E-state index contributed by atoms with van der Waals surface area (Å²) in [5.74, 6) is 0.578. The number of amides is 3. The van der Waals surface area contributed by atoms with Crippen molar-refractivity contribution in [1.82, 2.24) is 5.32 Å². The molecule has 0 unspecified atom stereocenters. The third-order valence-electron chi connectivity index (χ3n) is 5.19. The van der Waals surface area contributed by atoms with Crippen LogP contribution in [0.4, 0.5) is 16.2 Å². The molecule has 134 valence electrons. The van der Waals surface area contributed by atoms with E-state index in [1.807, 2.05) is 43.3 Å². The van der Waals surface area contributed by atoms with Crippen molar-refractivity contribution in [2.75, 3.05) is 16.8 Å². The minimum Gasteiger partial charge on any atom is -0.334 e. The first kappa shape index (κ1) is 16.6. The Hall–Kier alpha value is -2.82. The molecule has 0 saturated heterocycles. The van der Waals surface area contributed by atoms with E-state index in [4.69, 9.17) is 0 Å². The average molecular weight is 349 g/mol. The van der Waals surface area contributed by atoms with E-state index in [9.17, 15) is 9.59 Å². The summed E-state index contributed by atoms with van der Waals surface area (Å²) in [6.45, 7) is 2.65. The number of benzene rings is 2. The Labute approximate surface area is 153 Å². The molecule has 3 amide bonds. The number of hydrogen-bond donors (Lipinski definition) is 2. The SMILES string of the molecule is CCN1C(=O)CCc2cc(NC(=O)N[C@H]3C[C@@H]3c3ccccc3)ccc21. The highest BCUT2D eigenvalue weighted by Crippen LogP contribution is 2.40. The van der Waals surface area contributed by atoms with Crippen LogP contribution in [0.15, 0.2) is 48.5 Å². The Bertz CT molecular complexity index is 834. The van der Waals surface area contributed by atoms with Crippen molar-refractivity contribution >= 4 is 23.3 Å². The minimum atomic E-state index is -0.174. The van der Waals surface area contributed by atoms with Crippen molar-refractivity contribution < 1.29 is 9.59 Å². The molecule has 4 rings (SSSR count). The number of carbonyl (C=O) groups excluding carboxylic acids is 2. The van der Waals surface area contributed by atoms with E-state index in [1.54, 1.807) is 4.90 Å². The lowest BCUT2D eigenvalue weighted by atomic mass is 10.0. The first-order chi connectivity index (χ1) is 12.7. The fourth-order valence-electron chi connectivity index (χ4n) is 3.74. The normalized spacial score (nSPS) is 21.1. The Kier molecular flexibility index (Phi) is 4.37. The fraction of sp³-hybridized carbons (Fsp3) is 0.333. The maximum atomic E-state index is 12.3. The summed E-state index contributed by atoms with van der Waals surface area (Å²) in [5, 5.41) is 5.97. The van der Waals surface area contributed by atoms with Crippen molar-refractivity contribution in [3.63, 3.8) is 0 Å². The zero-order valence-electron chi connectivity index (χ0n) is 14.9. The van der Waals surface area contributed by atoms with Gasteiger partial charge in [-0.25, -0.2) is 4.79 Å². The molecule has 0 spiro atoms. The van der Waals surface area contributed by atoms with Gasteiger partial charge in [0.1, 0.15) is 0 Å². The predicted octanol–water partition coefficient (Wildman–Crippen LogP) is 3.66. The molecule has 26 heavy (non-hydrogen) atoms. The number of carbonyl (C=O) groups is 2. The number of nitrogens with one attached hydrogen (secondary N) is 2. The molecule has 2 atom stereocenters. The first-order valence-electron chi connectivity index (χ1n) is 9.21. The monoisotopic (exact) mass is 349 g/mol. The number of anilines is 2. The number of nitrogens with zero attached hydrogens (tertiary/aromatic N) is 1. The molecule has 1 fully saturated rings. The number of fused-ring (bicyclic) bond motifs is 1. The highest BCUT2D eigenvalue weighted by molar-refractivity contribution is 5.97. The molecule has 2 aromatic carbocycles. The number of urea groups is 1. The highest BCUT2D eigenvalue weighted by Gasteiger charge is 2.39. The molecule has 5 heteroatoms. The van der Waals surface area contributed by atoms with Crippen LogP contribution in [-0.2, 0) is 11.2 Å². The Morgan fingerprint density at radius 2 is 1.96 bits per heavy atom. The number of aryl methyl sites for hydroxylation is 1. The van der Waals surface area contributed by atoms with Gasteiger partial charge in [-0.3, -0.25) is 4.79 Å². The van der Waals surface area contributed by atoms with Gasteiger partial charge in [0.2, 0.25) is 5.91 Å². The molecule has 0 radical (unpaired) electrons. The van der Waals surface area contributed by atoms with Crippen LogP contribution in [0, 0.1) is 0 Å². The van der Waals surface area contributed by atoms with Crippen molar-refractivity contribution in [1.29, 1.82) is 0 Å². The van der Waals surface area contributed by atoms with Gasteiger partial charge < -0.3 is 15.5 Å². The molecule has 1 saturated carbocycles. The second kappa shape index (κ2) is 6.83. The van der Waals surface area contributed by atoms with E-state index < -0.39 is 0 Å². The second-order valence-corrected chi connectivity index (χ2v) is 6.94. The van der Waals surface area contributed by atoms with E-state index in [2.05, 4.69) is 22.8 Å². The molecule has 5 nitrogen and oxygen atoms in total. The van der Waals surface area contributed by atoms with Crippen LogP contribution in [0.1, 0.15) is 36.8 Å². The van der Waals surface area contributed by atoms with Crippen molar-refractivity contribution in [2.45, 2.75) is 38.1 Å². The van der Waals surface area contributed by atoms with Crippen LogP contribution in [0.5, 0.6) is 0 Å². The van der Waals surface area contributed by atoms with E-state index in [1.165, 1.54) is 5.56 Å². The van der Waals surface area contributed by atoms with Gasteiger partial charge in [-0.2, -0.15) is 0 Å². The summed E-state index contributed by atoms with van der Waals surface area (Å²) in [4.78, 5) is 26.1. The largest absolute Gasteiger partial charge is 0.334 e. The van der Waals surface area contributed by atoms with Crippen LogP contribution in [-0.4, -0.2) is 24.5 Å². The number of rotatable bonds is 4. The van der Waals surface area contributed by atoms with Crippen molar-refractivity contribution in [2.24, 2.45) is 0 Å². The van der Waals surface area contributed by atoms with Gasteiger partial charge in [-0.05, 0) is 49.1 Å². The topological polar surface area (TPSA) is 61.4 Å². The summed E-state index contributed by atoms with van der Waals surface area (Å²) >= 11 is 0. The van der Waals surface area contributed by atoms with Crippen LogP contribution in [0.3, 0.4) is 0 Å². The lowest BCUT2D eigenvalue weighted by Gasteiger charge is -2.28. The summed E-state index contributed by atoms with van der Waals surface area (Å²) in [5.41, 5.74) is 4.11. The van der Waals surface area contributed by atoms with Crippen LogP contribution in [0.25, 0.3) is 0 Å². The zero-order chi connectivity index (χ0) is 18.1. The molecule has 1 heterocycles. The molecule has 2 aromatic rings. The highest BCUT2D eigenvalue weighted by atomic mass is 16.2. The van der Waals surface area contributed by atoms with Gasteiger partial charge in [-0.15, -0.1) is 0 Å². The maximum Gasteiger partial charge on any atom is 0.319 e. The molecule has 1 aliphatic heterocycles. The van der Waals surface area contributed by atoms with E-state index >= 15 is 0 Å². The fourth-order valence-corrected chi connectivity index (χ4v) is 3.74. The van der Waals surface area contributed by atoms with Crippen LogP contribution >= 0.6 is 0 Å². The van der Waals surface area contributed by atoms with Gasteiger partial charge in [0.25, 0.3) is 0 Å². The summed E-state index contributed by atoms with van der Waals surface area (Å²) in [6.07, 6.45) is 2.23. The molecule has 2 N–H and O–H groups in total. The molecule has 0 bridgehead atoms. The molecular weight excluding hydrogens is 326 g/mol. The maximum absolute atomic E-state index is 12.3. The summed E-state index contributed by atoms with van der Waals surface area (Å²) < 4.78 is 0. The Morgan fingerprint density at radius 1 is 1.15 bits per heavy atom. The van der Waals surface area contributed by atoms with E-state index in [-0.39, 0.29) is 18.0 Å². The summed E-state index contributed by atoms with van der Waals surface area (Å²) in [7, 11) is 0. The smallest absolute Gasteiger partial charge is 0.319 e. The van der Waals surface area contributed by atoms with E-state index in [0.717, 1.165) is 29.8 Å². The van der Waals surface area contributed by atoms with E-state index in [0.29, 0.717) is 18.9 Å². The van der Waals surface area contributed by atoms with Crippen LogP contribution in [0.2, 0.25) is 0 Å². The summed E-state index contributed by atoms with van der Waals surface area (Å²) in [6, 6.07) is 16.1. The third-order valence-corrected chi connectivity index (χ3v) is 5.19.